The molecular weight excluding hydrogens is 450 g/mol. The fourth-order valence-corrected chi connectivity index (χ4v) is 3.81. The molecule has 0 fully saturated rings. The summed E-state index contributed by atoms with van der Waals surface area (Å²) in [5.41, 5.74) is 1.19. The van der Waals surface area contributed by atoms with Crippen LogP contribution in [0, 0.1) is 0 Å². The summed E-state index contributed by atoms with van der Waals surface area (Å²) in [7, 11) is -0.847. The summed E-state index contributed by atoms with van der Waals surface area (Å²) < 4.78 is 30.3. The summed E-state index contributed by atoms with van der Waals surface area (Å²) in [5.74, 6) is -1.75. The number of H-pyrrole nitrogens is 1. The van der Waals surface area contributed by atoms with Crippen molar-refractivity contribution in [2.75, 3.05) is 32.6 Å². The molecule has 1 heterocycles. The van der Waals surface area contributed by atoms with E-state index in [-0.39, 0.29) is 29.2 Å². The summed E-state index contributed by atoms with van der Waals surface area (Å²) in [6.45, 7) is -0.549. The molecule has 0 bridgehead atoms. The van der Waals surface area contributed by atoms with E-state index in [1.807, 2.05) is 6.07 Å². The van der Waals surface area contributed by atoms with Gasteiger partial charge >= 0.3 is 5.97 Å². The quantitative estimate of drug-likeness (QED) is 0.394. The Morgan fingerprint density at radius 1 is 1.09 bits per heavy atom. The van der Waals surface area contributed by atoms with Gasteiger partial charge in [0, 0.05) is 31.7 Å². The van der Waals surface area contributed by atoms with Crippen LogP contribution in [-0.2, 0) is 24.3 Å². The second-order valence-electron chi connectivity index (χ2n) is 7.15. The molecule has 0 aliphatic carbocycles. The Balaban J connectivity index is 1.44. The number of rotatable bonds is 9. The van der Waals surface area contributed by atoms with E-state index in [1.54, 1.807) is 18.2 Å². The molecule has 2 aromatic carbocycles. The molecule has 3 N–H and O–H groups in total. The van der Waals surface area contributed by atoms with Crippen molar-refractivity contribution in [1.29, 1.82) is 0 Å². The van der Waals surface area contributed by atoms with Crippen LogP contribution in [0.2, 0.25) is 0 Å². The van der Waals surface area contributed by atoms with Crippen molar-refractivity contribution in [3.63, 3.8) is 0 Å². The number of aromatic nitrogens is 2. The molecule has 0 saturated carbocycles. The molecule has 0 aliphatic heterocycles. The van der Waals surface area contributed by atoms with Crippen LogP contribution in [0.25, 0.3) is 10.9 Å². The number of nitrogens with one attached hydrogen (secondary N) is 3. The minimum Gasteiger partial charge on any atom is -0.456 e. The number of amides is 2. The third-order valence-electron chi connectivity index (χ3n) is 4.56. The highest BCUT2D eigenvalue weighted by molar-refractivity contribution is 7.89. The lowest BCUT2D eigenvalue weighted by atomic mass is 10.2. The van der Waals surface area contributed by atoms with E-state index in [2.05, 4.69) is 20.8 Å². The first-order valence-electron chi connectivity index (χ1n) is 9.88. The smallest absolute Gasteiger partial charge is 0.308 e. The van der Waals surface area contributed by atoms with Gasteiger partial charge in [0.25, 0.3) is 11.8 Å². The van der Waals surface area contributed by atoms with Gasteiger partial charge in [-0.05, 0) is 24.3 Å². The van der Waals surface area contributed by atoms with Crippen molar-refractivity contribution >= 4 is 44.4 Å². The molecule has 0 atom stereocenters. The van der Waals surface area contributed by atoms with Gasteiger partial charge in [-0.15, -0.1) is 0 Å². The van der Waals surface area contributed by atoms with Gasteiger partial charge in [0.15, 0.2) is 12.3 Å². The summed E-state index contributed by atoms with van der Waals surface area (Å²) in [5, 5.41) is 12.5. The number of sulfonamides is 1. The predicted molar refractivity (Wildman–Crippen MR) is 120 cm³/mol. The summed E-state index contributed by atoms with van der Waals surface area (Å²) >= 11 is 0. The van der Waals surface area contributed by atoms with Crippen LogP contribution in [0.1, 0.15) is 16.9 Å². The molecule has 0 saturated heterocycles. The molecule has 12 heteroatoms. The zero-order valence-corrected chi connectivity index (χ0v) is 18.8. The lowest BCUT2D eigenvalue weighted by Crippen LogP contribution is -2.28. The molecule has 11 nitrogen and oxygen atoms in total. The van der Waals surface area contributed by atoms with Crippen molar-refractivity contribution in [3.05, 3.63) is 54.2 Å². The minimum atomic E-state index is -3.65. The topological polar surface area (TPSA) is 151 Å². The van der Waals surface area contributed by atoms with Gasteiger partial charge in [-0.1, -0.05) is 24.3 Å². The van der Waals surface area contributed by atoms with Crippen molar-refractivity contribution in [2.45, 2.75) is 11.3 Å². The highest BCUT2D eigenvalue weighted by Crippen LogP contribution is 2.18. The van der Waals surface area contributed by atoms with Gasteiger partial charge in [0.05, 0.1) is 16.8 Å². The Kier molecular flexibility index (Phi) is 7.41. The molecular formula is C21H23N5O6S. The Hall–Kier alpha value is -3.77. The van der Waals surface area contributed by atoms with Crippen LogP contribution in [0.3, 0.4) is 0 Å². The number of anilines is 1. The van der Waals surface area contributed by atoms with E-state index in [0.29, 0.717) is 5.39 Å². The van der Waals surface area contributed by atoms with Crippen LogP contribution in [0.15, 0.2) is 53.4 Å². The number of carbonyl (C=O) groups is 3. The maximum atomic E-state index is 12.3. The molecule has 0 spiro atoms. The highest BCUT2D eigenvalue weighted by atomic mass is 32.2. The maximum absolute atomic E-state index is 12.3. The molecule has 3 rings (SSSR count). The third kappa shape index (κ3) is 5.93. The standard InChI is InChI=1S/C21H23N5O6S/c1-26(2)33(30,31)15-7-5-6-14(12-15)23-18(27)13-32-19(28)10-11-22-21(29)20-16-8-3-4-9-17(16)24-25-20/h3-9,12H,10-11,13H2,1-2H3,(H,22,29)(H,23,27)(H,24,25). The molecule has 1 aromatic heterocycles. The predicted octanol–water partition coefficient (Wildman–Crippen LogP) is 1.12. The van der Waals surface area contributed by atoms with Gasteiger partial charge in [0.2, 0.25) is 10.0 Å². The average Bonchev–Trinajstić information content (AvgIpc) is 3.22. The van der Waals surface area contributed by atoms with Crippen LogP contribution in [-0.4, -0.2) is 68.0 Å². The van der Waals surface area contributed by atoms with Gasteiger partial charge in [-0.2, -0.15) is 5.10 Å². The highest BCUT2D eigenvalue weighted by Gasteiger charge is 2.18. The number of fused-ring (bicyclic) bond motifs is 1. The SMILES string of the molecule is CN(C)S(=O)(=O)c1cccc(NC(=O)COC(=O)CCNC(=O)c2n[nH]c3ccccc23)c1. The molecule has 0 unspecified atom stereocenters. The fourth-order valence-electron chi connectivity index (χ4n) is 2.86. The van der Waals surface area contributed by atoms with Crippen LogP contribution in [0.5, 0.6) is 0 Å². The summed E-state index contributed by atoms with van der Waals surface area (Å²) in [6, 6.07) is 12.9. The van der Waals surface area contributed by atoms with E-state index in [0.717, 1.165) is 9.82 Å². The van der Waals surface area contributed by atoms with Gasteiger partial charge in [-0.3, -0.25) is 19.5 Å². The molecule has 0 radical (unpaired) electrons. The maximum Gasteiger partial charge on any atom is 0.308 e. The molecule has 33 heavy (non-hydrogen) atoms. The van der Waals surface area contributed by atoms with E-state index in [9.17, 15) is 22.8 Å². The molecule has 0 aliphatic rings. The number of hydrogen-bond donors (Lipinski definition) is 3. The second kappa shape index (κ2) is 10.2. The zero-order valence-electron chi connectivity index (χ0n) is 18.0. The second-order valence-corrected chi connectivity index (χ2v) is 9.30. The van der Waals surface area contributed by atoms with E-state index in [4.69, 9.17) is 4.74 Å². The number of carbonyl (C=O) groups excluding carboxylic acids is 3. The van der Waals surface area contributed by atoms with Crippen molar-refractivity contribution < 1.29 is 27.5 Å². The van der Waals surface area contributed by atoms with Gasteiger partial charge < -0.3 is 15.4 Å². The number of benzene rings is 2. The minimum absolute atomic E-state index is 0.00487. The zero-order chi connectivity index (χ0) is 24.0. The van der Waals surface area contributed by atoms with E-state index >= 15 is 0 Å². The van der Waals surface area contributed by atoms with Gasteiger partial charge in [-0.25, -0.2) is 12.7 Å². The normalized spacial score (nSPS) is 11.4. The third-order valence-corrected chi connectivity index (χ3v) is 6.37. The lowest BCUT2D eigenvalue weighted by Gasteiger charge is -2.12. The number of para-hydroxylation sites is 1. The van der Waals surface area contributed by atoms with Crippen LogP contribution < -0.4 is 10.6 Å². The Morgan fingerprint density at radius 2 is 1.85 bits per heavy atom. The average molecular weight is 474 g/mol. The summed E-state index contributed by atoms with van der Waals surface area (Å²) in [4.78, 5) is 36.2. The number of esters is 1. The lowest BCUT2D eigenvalue weighted by molar-refractivity contribution is -0.147. The monoisotopic (exact) mass is 473 g/mol. The Morgan fingerprint density at radius 3 is 2.61 bits per heavy atom. The number of hydrogen-bond acceptors (Lipinski definition) is 7. The van der Waals surface area contributed by atoms with E-state index < -0.39 is 34.4 Å². The molecule has 3 aromatic rings. The number of ether oxygens (including phenoxy) is 1. The van der Waals surface area contributed by atoms with Crippen molar-refractivity contribution in [3.8, 4) is 0 Å². The summed E-state index contributed by atoms with van der Waals surface area (Å²) in [6.07, 6.45) is -0.141. The Bertz CT molecular complexity index is 1290. The largest absolute Gasteiger partial charge is 0.456 e. The Labute approximate surface area is 190 Å². The van der Waals surface area contributed by atoms with Crippen molar-refractivity contribution in [1.82, 2.24) is 19.8 Å². The van der Waals surface area contributed by atoms with E-state index in [1.165, 1.54) is 38.4 Å². The van der Waals surface area contributed by atoms with Gasteiger partial charge in [0.1, 0.15) is 0 Å². The number of aromatic amines is 1. The number of nitrogens with zero attached hydrogens (tertiary/aromatic N) is 2. The van der Waals surface area contributed by atoms with Crippen LogP contribution in [0.4, 0.5) is 5.69 Å². The first kappa shape index (κ1) is 23.9. The first-order valence-corrected chi connectivity index (χ1v) is 11.3. The molecule has 174 valence electrons. The fraction of sp³-hybridized carbons (Fsp3) is 0.238. The van der Waals surface area contributed by atoms with Crippen LogP contribution >= 0.6 is 0 Å². The van der Waals surface area contributed by atoms with Crippen molar-refractivity contribution in [2.24, 2.45) is 0 Å². The first-order chi connectivity index (χ1) is 15.7. The molecule has 2 amide bonds.